The number of hydrogen-bond acceptors (Lipinski definition) is 9. The normalized spacial score (nSPS) is 15.6. The monoisotopic (exact) mass is 648 g/mol. The zero-order valence-corrected chi connectivity index (χ0v) is 23.8. The molecular weight excluding hydrogens is 619 g/mol. The van der Waals surface area contributed by atoms with Gasteiger partial charge in [-0.3, -0.25) is 5.43 Å². The smallest absolute Gasteiger partial charge is 0.337 e. The summed E-state index contributed by atoms with van der Waals surface area (Å²) in [5.74, 6) is 3.27. The average Bonchev–Trinajstić information content (AvgIpc) is 2.91. The molecule has 0 spiro atoms. The van der Waals surface area contributed by atoms with Crippen LogP contribution in [0.5, 0.6) is 17.2 Å². The van der Waals surface area contributed by atoms with Gasteiger partial charge in [0.2, 0.25) is 0 Å². The topological polar surface area (TPSA) is 140 Å². The lowest BCUT2D eigenvalue weighted by Gasteiger charge is -2.28. The zero-order chi connectivity index (χ0) is 28.4. The van der Waals surface area contributed by atoms with E-state index in [4.69, 9.17) is 25.4 Å². The third-order valence-corrected chi connectivity index (χ3v) is 6.22. The van der Waals surface area contributed by atoms with Crippen LogP contribution in [0, 0.1) is 15.9 Å². The highest BCUT2D eigenvalue weighted by molar-refractivity contribution is 14.1. The molecule has 11 nitrogen and oxygen atoms in total. The molecule has 12 heteroatoms. The average molecular weight is 648 g/mol. The second kappa shape index (κ2) is 14.3. The van der Waals surface area contributed by atoms with Crippen LogP contribution in [0.1, 0.15) is 31.0 Å². The lowest BCUT2D eigenvalue weighted by atomic mass is 9.95. The first kappa shape index (κ1) is 29.6. The fourth-order valence-corrected chi connectivity index (χ4v) is 4.35. The summed E-state index contributed by atoms with van der Waals surface area (Å²) in [6.07, 6.45) is 5.66. The molecule has 2 aromatic rings. The summed E-state index contributed by atoms with van der Waals surface area (Å²) < 4.78 is 22.7. The van der Waals surface area contributed by atoms with Crippen molar-refractivity contribution in [1.82, 2.24) is 16.1 Å². The van der Waals surface area contributed by atoms with E-state index in [0.29, 0.717) is 35.1 Å². The van der Waals surface area contributed by atoms with Gasteiger partial charge in [-0.1, -0.05) is 12.0 Å². The minimum absolute atomic E-state index is 0.135. The van der Waals surface area contributed by atoms with Crippen LogP contribution in [-0.2, 0) is 9.53 Å². The molecule has 0 aromatic heterocycles. The van der Waals surface area contributed by atoms with Gasteiger partial charge in [-0.2, -0.15) is 5.10 Å². The van der Waals surface area contributed by atoms with Crippen LogP contribution in [0.25, 0.3) is 0 Å². The molecule has 39 heavy (non-hydrogen) atoms. The third kappa shape index (κ3) is 8.01. The molecule has 0 fully saturated rings. The first-order chi connectivity index (χ1) is 18.8. The first-order valence-corrected chi connectivity index (χ1v) is 12.9. The number of allylic oxidation sites excluding steroid dienone is 1. The Hall–Kier alpha value is -3.96. The summed E-state index contributed by atoms with van der Waals surface area (Å²) in [6, 6.07) is 9.28. The van der Waals surface area contributed by atoms with Crippen LogP contribution in [0.2, 0.25) is 0 Å². The summed E-state index contributed by atoms with van der Waals surface area (Å²) in [5.41, 5.74) is 4.66. The molecular formula is C27H29IN4O7. The fourth-order valence-electron chi connectivity index (χ4n) is 3.65. The Bertz CT molecular complexity index is 1310. The molecule has 206 valence electrons. The maximum atomic E-state index is 12.4. The molecule has 2 amide bonds. The number of halogens is 1. The van der Waals surface area contributed by atoms with E-state index in [1.54, 1.807) is 37.4 Å². The number of rotatable bonds is 12. The lowest BCUT2D eigenvalue weighted by molar-refractivity contribution is -0.136. The molecule has 1 aliphatic heterocycles. The molecule has 0 saturated heterocycles. The predicted molar refractivity (Wildman–Crippen MR) is 152 cm³/mol. The summed E-state index contributed by atoms with van der Waals surface area (Å²) in [5, 5.41) is 19.7. The van der Waals surface area contributed by atoms with E-state index in [9.17, 15) is 14.7 Å². The van der Waals surface area contributed by atoms with Crippen LogP contribution in [0.3, 0.4) is 0 Å². The van der Waals surface area contributed by atoms with Crippen molar-refractivity contribution in [3.63, 3.8) is 0 Å². The van der Waals surface area contributed by atoms with E-state index < -0.39 is 24.3 Å². The number of ether oxygens (including phenoxy) is 4. The van der Waals surface area contributed by atoms with E-state index >= 15 is 0 Å². The predicted octanol–water partition coefficient (Wildman–Crippen LogP) is 2.82. The minimum Gasteiger partial charge on any atom is -0.490 e. The van der Waals surface area contributed by atoms with E-state index in [0.717, 1.165) is 9.13 Å². The number of carbonyl (C=O) groups is 2. The Morgan fingerprint density at radius 2 is 2.00 bits per heavy atom. The molecule has 0 saturated carbocycles. The second-order valence-electron chi connectivity index (χ2n) is 8.10. The molecule has 0 aliphatic carbocycles. The summed E-state index contributed by atoms with van der Waals surface area (Å²) in [6.45, 7) is 3.83. The molecule has 3 rings (SSSR count). The Morgan fingerprint density at radius 3 is 2.69 bits per heavy atom. The number of nitrogens with zero attached hydrogens (tertiary/aromatic N) is 1. The number of hydrazone groups is 1. The molecule has 2 aromatic carbocycles. The van der Waals surface area contributed by atoms with E-state index in [-0.39, 0.29) is 18.8 Å². The van der Waals surface area contributed by atoms with Crippen LogP contribution >= 0.6 is 22.6 Å². The number of carbonyl (C=O) groups excluding carboxylic acids is 2. The van der Waals surface area contributed by atoms with Gasteiger partial charge < -0.3 is 34.7 Å². The number of methoxy groups -OCH3 is 1. The van der Waals surface area contributed by atoms with Gasteiger partial charge in [-0.05, 0) is 77.9 Å². The van der Waals surface area contributed by atoms with Crippen molar-refractivity contribution in [3.8, 4) is 29.6 Å². The summed E-state index contributed by atoms with van der Waals surface area (Å²) in [4.78, 5) is 24.5. The van der Waals surface area contributed by atoms with E-state index in [2.05, 4.69) is 49.7 Å². The van der Waals surface area contributed by atoms with Crippen molar-refractivity contribution < 1.29 is 33.6 Å². The SMILES string of the molecule is C#CCOc1ccc(/C=N\N[C@@H](O)COc2ccc([C@H]3NC(=O)NC(C)=C3C(=O)OC)cc2OCC)cc1I. The van der Waals surface area contributed by atoms with Crippen molar-refractivity contribution in [1.29, 1.82) is 0 Å². The number of amides is 2. The highest BCUT2D eigenvalue weighted by atomic mass is 127. The van der Waals surface area contributed by atoms with Crippen molar-refractivity contribution in [2.45, 2.75) is 26.1 Å². The standard InChI is InChI=1S/C27H29IN4O7/c1-5-11-38-20-9-7-17(12-19(20)28)14-29-32-23(33)15-39-21-10-8-18(13-22(21)37-6-2)25-24(26(34)36-4)16(3)30-27(35)31-25/h1,7-10,12-14,23,25,32-33H,6,11,15H2,2-4H3,(H2,30,31,35)/b29-14-/t23-,25+/m0/s1. The molecule has 2 atom stereocenters. The molecule has 1 aliphatic rings. The minimum atomic E-state index is -1.12. The van der Waals surface area contributed by atoms with Crippen molar-refractivity contribution >= 4 is 40.8 Å². The largest absolute Gasteiger partial charge is 0.490 e. The van der Waals surface area contributed by atoms with Gasteiger partial charge in [0.1, 0.15) is 19.0 Å². The molecule has 0 unspecified atom stereocenters. The van der Waals surface area contributed by atoms with Crippen molar-refractivity contribution in [2.24, 2.45) is 5.10 Å². The maximum Gasteiger partial charge on any atom is 0.337 e. The van der Waals surface area contributed by atoms with Gasteiger partial charge in [-0.25, -0.2) is 9.59 Å². The summed E-state index contributed by atoms with van der Waals surface area (Å²) >= 11 is 2.14. The number of esters is 1. The Balaban J connectivity index is 1.66. The number of terminal acetylenes is 1. The summed E-state index contributed by atoms with van der Waals surface area (Å²) in [7, 11) is 1.27. The fraction of sp³-hybridized carbons (Fsp3) is 0.296. The molecule has 0 bridgehead atoms. The van der Waals surface area contributed by atoms with Crippen LogP contribution in [-0.4, -0.2) is 56.5 Å². The zero-order valence-electron chi connectivity index (χ0n) is 21.6. The second-order valence-corrected chi connectivity index (χ2v) is 9.26. The third-order valence-electron chi connectivity index (χ3n) is 5.38. The highest BCUT2D eigenvalue weighted by Gasteiger charge is 2.32. The van der Waals surface area contributed by atoms with Gasteiger partial charge in [0.05, 0.1) is 35.1 Å². The number of benzene rings is 2. The maximum absolute atomic E-state index is 12.4. The van der Waals surface area contributed by atoms with Gasteiger partial charge in [0.15, 0.2) is 17.7 Å². The number of aliphatic hydroxyl groups is 1. The first-order valence-electron chi connectivity index (χ1n) is 11.9. The number of urea groups is 1. The molecule has 0 radical (unpaired) electrons. The van der Waals surface area contributed by atoms with Crippen molar-refractivity contribution in [3.05, 3.63) is 62.4 Å². The highest BCUT2D eigenvalue weighted by Crippen LogP contribution is 2.35. The number of hydrogen-bond donors (Lipinski definition) is 4. The van der Waals surface area contributed by atoms with Crippen LogP contribution in [0.4, 0.5) is 4.79 Å². The van der Waals surface area contributed by atoms with Crippen LogP contribution < -0.4 is 30.3 Å². The van der Waals surface area contributed by atoms with Crippen molar-refractivity contribution in [2.75, 3.05) is 26.9 Å². The van der Waals surface area contributed by atoms with Gasteiger partial charge in [-0.15, -0.1) is 6.42 Å². The van der Waals surface area contributed by atoms with Gasteiger partial charge in [0.25, 0.3) is 0 Å². The Kier molecular flexibility index (Phi) is 10.8. The lowest BCUT2D eigenvalue weighted by Crippen LogP contribution is -2.45. The number of aliphatic hydroxyl groups excluding tert-OH is 1. The van der Waals surface area contributed by atoms with E-state index in [1.165, 1.54) is 7.11 Å². The molecule has 1 heterocycles. The van der Waals surface area contributed by atoms with Gasteiger partial charge >= 0.3 is 12.0 Å². The Labute approximate surface area is 240 Å². The number of nitrogens with one attached hydrogen (secondary N) is 3. The van der Waals surface area contributed by atoms with E-state index in [1.807, 2.05) is 19.1 Å². The Morgan fingerprint density at radius 1 is 1.23 bits per heavy atom. The molecule has 4 N–H and O–H groups in total. The van der Waals surface area contributed by atoms with Crippen LogP contribution in [0.15, 0.2) is 52.8 Å². The van der Waals surface area contributed by atoms with Gasteiger partial charge in [0, 0.05) is 5.70 Å². The quantitative estimate of drug-likeness (QED) is 0.0689.